The summed E-state index contributed by atoms with van der Waals surface area (Å²) in [6, 6.07) is 12.1. The molecule has 3 N–H and O–H groups in total. The zero-order valence-electron chi connectivity index (χ0n) is 21.2. The average Bonchev–Trinajstić information content (AvgIpc) is 3.22. The molecule has 37 heavy (non-hydrogen) atoms. The van der Waals surface area contributed by atoms with Crippen molar-refractivity contribution in [1.29, 1.82) is 0 Å². The van der Waals surface area contributed by atoms with E-state index in [9.17, 15) is 19.1 Å². The van der Waals surface area contributed by atoms with E-state index in [4.69, 9.17) is 4.74 Å². The van der Waals surface area contributed by atoms with Crippen LogP contribution < -0.4 is 10.6 Å². The van der Waals surface area contributed by atoms with Crippen LogP contribution in [0.2, 0.25) is 0 Å². The highest BCUT2D eigenvalue weighted by atomic mass is 19.1. The molecular formula is C27H30FN5O4. The molecule has 2 aromatic carbocycles. The second-order valence-corrected chi connectivity index (χ2v) is 9.08. The molecule has 0 aliphatic carbocycles. The van der Waals surface area contributed by atoms with Crippen molar-refractivity contribution in [2.75, 3.05) is 26.1 Å². The fourth-order valence-electron chi connectivity index (χ4n) is 4.14. The van der Waals surface area contributed by atoms with Gasteiger partial charge in [0.15, 0.2) is 0 Å². The summed E-state index contributed by atoms with van der Waals surface area (Å²) in [5.74, 6) is -0.804. The molecule has 10 heteroatoms. The molecule has 1 aliphatic rings. The second-order valence-electron chi connectivity index (χ2n) is 9.08. The van der Waals surface area contributed by atoms with Gasteiger partial charge in [-0.05, 0) is 49.2 Å². The molecule has 1 aromatic heterocycles. The maximum Gasteiger partial charge on any atom is 0.321 e. The Morgan fingerprint density at radius 2 is 1.95 bits per heavy atom. The van der Waals surface area contributed by atoms with Crippen molar-refractivity contribution in [3.63, 3.8) is 0 Å². The standard InChI is InChI=1S/C27H30FN5O4/c1-16-5-6-19(24-11-17(2)33(31-24)13-21(34)15-37-4)12-23(16)29-26(35)22-14-32(3)27(36)30-25(22)18-7-9-20(28)10-8-18/h5-12,14,21,25,34H,13,15H2,1-4H3,(H,29,35)(H,30,36). The van der Waals surface area contributed by atoms with E-state index < -0.39 is 23.9 Å². The number of nitrogens with zero attached hydrogens (tertiary/aromatic N) is 3. The zero-order valence-corrected chi connectivity index (χ0v) is 21.2. The van der Waals surface area contributed by atoms with Gasteiger partial charge >= 0.3 is 6.03 Å². The smallest absolute Gasteiger partial charge is 0.321 e. The molecule has 1 aliphatic heterocycles. The van der Waals surface area contributed by atoms with Crippen LogP contribution in [0.4, 0.5) is 14.9 Å². The lowest BCUT2D eigenvalue weighted by Crippen LogP contribution is -2.44. The van der Waals surface area contributed by atoms with Gasteiger partial charge in [0.25, 0.3) is 5.91 Å². The van der Waals surface area contributed by atoms with Crippen LogP contribution in [0, 0.1) is 19.7 Å². The fourth-order valence-corrected chi connectivity index (χ4v) is 4.14. The molecule has 0 radical (unpaired) electrons. The molecule has 194 valence electrons. The minimum absolute atomic E-state index is 0.208. The summed E-state index contributed by atoms with van der Waals surface area (Å²) in [6.45, 7) is 4.29. The molecule has 0 bridgehead atoms. The van der Waals surface area contributed by atoms with Crippen molar-refractivity contribution >= 4 is 17.6 Å². The number of urea groups is 1. The highest BCUT2D eigenvalue weighted by molar-refractivity contribution is 6.06. The summed E-state index contributed by atoms with van der Waals surface area (Å²) < 4.78 is 20.2. The first-order chi connectivity index (χ1) is 17.7. The Morgan fingerprint density at radius 1 is 1.22 bits per heavy atom. The molecule has 0 fully saturated rings. The predicted octanol–water partition coefficient (Wildman–Crippen LogP) is 3.53. The van der Waals surface area contributed by atoms with E-state index in [1.807, 2.05) is 38.1 Å². The van der Waals surface area contributed by atoms with Crippen molar-refractivity contribution < 1.29 is 23.8 Å². The highest BCUT2D eigenvalue weighted by Gasteiger charge is 2.30. The quantitative estimate of drug-likeness (QED) is 0.432. The number of amides is 3. The first-order valence-electron chi connectivity index (χ1n) is 11.8. The number of rotatable bonds is 8. The summed E-state index contributed by atoms with van der Waals surface area (Å²) in [6.07, 6.45) is 0.804. The number of hydrogen-bond donors (Lipinski definition) is 3. The lowest BCUT2D eigenvalue weighted by Gasteiger charge is -2.30. The van der Waals surface area contributed by atoms with Crippen LogP contribution in [0.1, 0.15) is 22.9 Å². The summed E-state index contributed by atoms with van der Waals surface area (Å²) in [5, 5.41) is 20.4. The lowest BCUT2D eigenvalue weighted by molar-refractivity contribution is -0.113. The Labute approximate surface area is 214 Å². The number of nitrogens with one attached hydrogen (secondary N) is 2. The van der Waals surface area contributed by atoms with Crippen molar-refractivity contribution in [3.05, 3.63) is 82.9 Å². The number of methoxy groups -OCH3 is 1. The van der Waals surface area contributed by atoms with Crippen LogP contribution in [0.5, 0.6) is 0 Å². The van der Waals surface area contributed by atoms with E-state index in [1.54, 1.807) is 23.9 Å². The number of anilines is 1. The minimum atomic E-state index is -0.732. The van der Waals surface area contributed by atoms with Crippen molar-refractivity contribution in [3.8, 4) is 11.3 Å². The number of aliphatic hydroxyl groups excluding tert-OH is 1. The Hall–Kier alpha value is -4.02. The van der Waals surface area contributed by atoms with Crippen LogP contribution in [0.25, 0.3) is 11.3 Å². The van der Waals surface area contributed by atoms with Gasteiger partial charge in [0, 0.05) is 37.3 Å². The molecule has 0 spiro atoms. The van der Waals surface area contributed by atoms with Crippen LogP contribution >= 0.6 is 0 Å². The normalized spacial score (nSPS) is 16.3. The molecule has 3 aromatic rings. The van der Waals surface area contributed by atoms with Gasteiger partial charge in [-0.3, -0.25) is 9.48 Å². The van der Waals surface area contributed by atoms with Crippen molar-refractivity contribution in [1.82, 2.24) is 20.0 Å². The number of ether oxygens (including phenoxy) is 1. The van der Waals surface area contributed by atoms with Gasteiger partial charge in [0.05, 0.1) is 36.6 Å². The first-order valence-corrected chi connectivity index (χ1v) is 11.8. The number of carbonyl (C=O) groups excluding carboxylic acids is 2. The molecule has 2 unspecified atom stereocenters. The number of aryl methyl sites for hydroxylation is 2. The number of aromatic nitrogens is 2. The van der Waals surface area contributed by atoms with Crippen molar-refractivity contribution in [2.45, 2.75) is 32.5 Å². The molecule has 0 saturated heterocycles. The maximum atomic E-state index is 13.5. The lowest BCUT2D eigenvalue weighted by atomic mass is 9.97. The molecule has 9 nitrogen and oxygen atoms in total. The van der Waals surface area contributed by atoms with E-state index in [0.717, 1.165) is 16.8 Å². The van der Waals surface area contributed by atoms with E-state index in [-0.39, 0.29) is 12.6 Å². The molecule has 2 atom stereocenters. The Balaban J connectivity index is 1.59. The largest absolute Gasteiger partial charge is 0.389 e. The third-order valence-corrected chi connectivity index (χ3v) is 6.20. The predicted molar refractivity (Wildman–Crippen MR) is 137 cm³/mol. The first kappa shape index (κ1) is 26.1. The SMILES string of the molecule is COCC(O)Cn1nc(-c2ccc(C)c(NC(=O)C3=CN(C)C(=O)NC3c3ccc(F)cc3)c2)cc1C. The van der Waals surface area contributed by atoms with Gasteiger partial charge in [0.2, 0.25) is 0 Å². The van der Waals surface area contributed by atoms with Crippen LogP contribution in [-0.4, -0.2) is 58.6 Å². The zero-order chi connectivity index (χ0) is 26.7. The van der Waals surface area contributed by atoms with Gasteiger partial charge in [-0.15, -0.1) is 0 Å². The van der Waals surface area contributed by atoms with Gasteiger partial charge < -0.3 is 25.4 Å². The number of carbonyl (C=O) groups is 2. The van der Waals surface area contributed by atoms with E-state index in [0.29, 0.717) is 29.1 Å². The van der Waals surface area contributed by atoms with Crippen LogP contribution in [0.15, 0.2) is 60.3 Å². The molecule has 3 amide bonds. The Morgan fingerprint density at radius 3 is 2.65 bits per heavy atom. The molecule has 0 saturated carbocycles. The summed E-state index contributed by atoms with van der Waals surface area (Å²) in [4.78, 5) is 27.0. The number of aliphatic hydroxyl groups is 1. The molecular weight excluding hydrogens is 477 g/mol. The van der Waals surface area contributed by atoms with Crippen LogP contribution in [-0.2, 0) is 16.1 Å². The van der Waals surface area contributed by atoms with Gasteiger partial charge in [-0.2, -0.15) is 5.10 Å². The third kappa shape index (κ3) is 5.87. The average molecular weight is 508 g/mol. The second kappa shape index (κ2) is 10.9. The topological polar surface area (TPSA) is 109 Å². The van der Waals surface area contributed by atoms with Gasteiger partial charge in [-0.25, -0.2) is 9.18 Å². The van der Waals surface area contributed by atoms with Gasteiger partial charge in [0.1, 0.15) is 5.82 Å². The van der Waals surface area contributed by atoms with Crippen molar-refractivity contribution in [2.24, 2.45) is 0 Å². The molecule has 4 rings (SSSR count). The van der Waals surface area contributed by atoms with E-state index >= 15 is 0 Å². The number of benzene rings is 2. The maximum absolute atomic E-state index is 13.5. The molecule has 2 heterocycles. The van der Waals surface area contributed by atoms with E-state index in [1.165, 1.54) is 30.3 Å². The van der Waals surface area contributed by atoms with Crippen LogP contribution in [0.3, 0.4) is 0 Å². The van der Waals surface area contributed by atoms with Gasteiger partial charge in [-0.1, -0.05) is 24.3 Å². The number of halogens is 1. The monoisotopic (exact) mass is 507 g/mol. The minimum Gasteiger partial charge on any atom is -0.389 e. The van der Waals surface area contributed by atoms with E-state index in [2.05, 4.69) is 15.7 Å². The Bertz CT molecular complexity index is 1340. The number of hydrogen-bond acceptors (Lipinski definition) is 5. The Kier molecular flexibility index (Phi) is 7.70. The third-order valence-electron chi connectivity index (χ3n) is 6.20. The summed E-state index contributed by atoms with van der Waals surface area (Å²) >= 11 is 0. The fraction of sp³-hybridized carbons (Fsp3) is 0.296. The summed E-state index contributed by atoms with van der Waals surface area (Å²) in [7, 11) is 3.08. The summed E-state index contributed by atoms with van der Waals surface area (Å²) in [5.41, 5.74) is 4.71. The highest BCUT2D eigenvalue weighted by Crippen LogP contribution is 2.29.